The highest BCUT2D eigenvalue weighted by molar-refractivity contribution is 5.98. The first-order chi connectivity index (χ1) is 6.93. The Morgan fingerprint density at radius 2 is 1.87 bits per heavy atom. The van der Waals surface area contributed by atoms with E-state index in [1.165, 1.54) is 0 Å². The largest absolute Gasteiger partial charge is 0.393 e. The van der Waals surface area contributed by atoms with Crippen molar-refractivity contribution in [3.63, 3.8) is 0 Å². The summed E-state index contributed by atoms with van der Waals surface area (Å²) in [5.41, 5.74) is 3.18. The molecule has 0 aliphatic carbocycles. The van der Waals surface area contributed by atoms with Crippen LogP contribution in [0, 0.1) is 5.92 Å². The van der Waals surface area contributed by atoms with Crippen LogP contribution in [0.1, 0.15) is 34.1 Å². The zero-order valence-electron chi connectivity index (χ0n) is 10.8. The van der Waals surface area contributed by atoms with Crippen LogP contribution in [-0.4, -0.2) is 31.0 Å². The molecular weight excluding hydrogens is 188 g/mol. The van der Waals surface area contributed by atoms with Crippen molar-refractivity contribution in [1.82, 2.24) is 5.32 Å². The second-order valence-corrected chi connectivity index (χ2v) is 4.18. The molecule has 0 aromatic heterocycles. The molecule has 0 fully saturated rings. The molecule has 0 rings (SSSR count). The Kier molecular flexibility index (Phi) is 6.25. The minimum absolute atomic E-state index is 0.273. The van der Waals surface area contributed by atoms with Crippen LogP contribution >= 0.6 is 0 Å². The lowest BCUT2D eigenvalue weighted by Gasteiger charge is -2.18. The molecule has 3 nitrogen and oxygen atoms in total. The second-order valence-electron chi connectivity index (χ2n) is 4.18. The Morgan fingerprint density at radius 3 is 2.20 bits per heavy atom. The third kappa shape index (κ3) is 4.47. The Bertz CT molecular complexity index is 254. The first kappa shape index (κ1) is 14.2. The van der Waals surface area contributed by atoms with Gasteiger partial charge < -0.3 is 10.4 Å². The molecule has 0 aliphatic rings. The van der Waals surface area contributed by atoms with Crippen LogP contribution in [0.15, 0.2) is 16.3 Å². The van der Waals surface area contributed by atoms with Gasteiger partial charge in [0.25, 0.3) is 0 Å². The zero-order valence-corrected chi connectivity index (χ0v) is 10.8. The highest BCUT2D eigenvalue weighted by atomic mass is 16.3. The summed E-state index contributed by atoms with van der Waals surface area (Å²) >= 11 is 0. The van der Waals surface area contributed by atoms with Crippen LogP contribution in [0.5, 0.6) is 0 Å². The number of allylic oxidation sites excluding steroid dienone is 1. The molecule has 0 spiro atoms. The average Bonchev–Trinajstić information content (AvgIpc) is 2.23. The predicted octanol–water partition coefficient (Wildman–Crippen LogP) is 1.98. The molecule has 0 aromatic rings. The van der Waals surface area contributed by atoms with Crippen molar-refractivity contribution in [2.45, 2.75) is 40.2 Å². The molecule has 15 heavy (non-hydrogen) atoms. The molecule has 0 heterocycles. The smallest absolute Gasteiger partial charge is 0.0604 e. The van der Waals surface area contributed by atoms with Crippen LogP contribution in [0.4, 0.5) is 0 Å². The summed E-state index contributed by atoms with van der Waals surface area (Å²) in [6.07, 6.45) is 0.355. The summed E-state index contributed by atoms with van der Waals surface area (Å²) in [6.45, 7) is 8.03. The van der Waals surface area contributed by atoms with Crippen molar-refractivity contribution in [2.75, 3.05) is 14.1 Å². The molecule has 1 unspecified atom stereocenters. The lowest BCUT2D eigenvalue weighted by Crippen LogP contribution is -2.20. The molecule has 88 valence electrons. The monoisotopic (exact) mass is 212 g/mol. The second kappa shape index (κ2) is 6.62. The molecule has 0 amide bonds. The number of aliphatic hydroxyl groups excluding tert-OH is 1. The summed E-state index contributed by atoms with van der Waals surface area (Å²) in [5.74, 6) is 0.273. The lowest BCUT2D eigenvalue weighted by atomic mass is 9.95. The summed E-state index contributed by atoms with van der Waals surface area (Å²) in [5, 5.41) is 13.0. The first-order valence-corrected chi connectivity index (χ1v) is 5.43. The molecular formula is C12H24N2O. The molecule has 0 saturated carbocycles. The van der Waals surface area contributed by atoms with E-state index < -0.39 is 0 Å². The van der Waals surface area contributed by atoms with Crippen molar-refractivity contribution < 1.29 is 5.11 Å². The zero-order chi connectivity index (χ0) is 12.0. The van der Waals surface area contributed by atoms with Gasteiger partial charge in [0.1, 0.15) is 0 Å². The average molecular weight is 212 g/mol. The fourth-order valence-corrected chi connectivity index (χ4v) is 1.30. The van der Waals surface area contributed by atoms with Gasteiger partial charge in [0.05, 0.1) is 6.10 Å². The number of hydrogen-bond donors (Lipinski definition) is 2. The number of nitrogens with one attached hydrogen (secondary N) is 1. The number of hydrogen-bond acceptors (Lipinski definition) is 3. The van der Waals surface area contributed by atoms with Gasteiger partial charge in [-0.15, -0.1) is 0 Å². The third-order valence-corrected chi connectivity index (χ3v) is 2.78. The molecule has 0 radical (unpaired) electrons. The summed E-state index contributed by atoms with van der Waals surface area (Å²) in [7, 11) is 3.67. The van der Waals surface area contributed by atoms with Gasteiger partial charge in [-0.2, -0.15) is 0 Å². The van der Waals surface area contributed by atoms with E-state index in [0.29, 0.717) is 6.42 Å². The topological polar surface area (TPSA) is 44.6 Å². The van der Waals surface area contributed by atoms with E-state index in [-0.39, 0.29) is 12.0 Å². The highest BCUT2D eigenvalue weighted by Gasteiger charge is 2.15. The van der Waals surface area contributed by atoms with Gasteiger partial charge in [0, 0.05) is 31.9 Å². The molecule has 0 aliphatic heterocycles. The summed E-state index contributed by atoms with van der Waals surface area (Å²) < 4.78 is 0. The standard InChI is InChI=1S/C12H24N2O/c1-8(2)12(15)7-11(9(3)13-5)10(4)14-6/h8,12-13,15H,7H2,1-6H3/b11-9-,14-10?. The van der Waals surface area contributed by atoms with E-state index in [2.05, 4.69) is 10.3 Å². The summed E-state index contributed by atoms with van der Waals surface area (Å²) in [4.78, 5) is 4.18. The fourth-order valence-electron chi connectivity index (χ4n) is 1.30. The number of rotatable bonds is 5. The van der Waals surface area contributed by atoms with Crippen molar-refractivity contribution in [3.8, 4) is 0 Å². The van der Waals surface area contributed by atoms with E-state index in [4.69, 9.17) is 0 Å². The van der Waals surface area contributed by atoms with Crippen molar-refractivity contribution in [1.29, 1.82) is 0 Å². The van der Waals surface area contributed by atoms with Gasteiger partial charge in [0.2, 0.25) is 0 Å². The van der Waals surface area contributed by atoms with Gasteiger partial charge in [0.15, 0.2) is 0 Å². The Hall–Kier alpha value is -0.830. The van der Waals surface area contributed by atoms with Gasteiger partial charge >= 0.3 is 0 Å². The maximum atomic E-state index is 9.87. The van der Waals surface area contributed by atoms with Crippen LogP contribution < -0.4 is 5.32 Å². The van der Waals surface area contributed by atoms with Gasteiger partial charge in [-0.05, 0) is 25.3 Å². The Balaban J connectivity index is 4.84. The van der Waals surface area contributed by atoms with Crippen LogP contribution in [0.2, 0.25) is 0 Å². The number of aliphatic imine (C=N–C) groups is 1. The van der Waals surface area contributed by atoms with Crippen LogP contribution in [0.25, 0.3) is 0 Å². The minimum atomic E-state index is -0.306. The minimum Gasteiger partial charge on any atom is -0.393 e. The third-order valence-electron chi connectivity index (χ3n) is 2.78. The van der Waals surface area contributed by atoms with E-state index in [0.717, 1.165) is 17.0 Å². The maximum Gasteiger partial charge on any atom is 0.0604 e. The van der Waals surface area contributed by atoms with Crippen molar-refractivity contribution in [2.24, 2.45) is 10.9 Å². The molecule has 0 aromatic carbocycles. The van der Waals surface area contributed by atoms with Crippen molar-refractivity contribution >= 4 is 5.71 Å². The van der Waals surface area contributed by atoms with Gasteiger partial charge in [-0.1, -0.05) is 13.8 Å². The fraction of sp³-hybridized carbons (Fsp3) is 0.750. The Labute approximate surface area is 93.3 Å². The predicted molar refractivity (Wildman–Crippen MR) is 66.3 cm³/mol. The SMILES string of the molecule is CN=C(C)/C(CC(O)C(C)C)=C(/C)NC. The lowest BCUT2D eigenvalue weighted by molar-refractivity contribution is 0.126. The molecule has 3 heteroatoms. The maximum absolute atomic E-state index is 9.87. The molecule has 1 atom stereocenters. The van der Waals surface area contributed by atoms with Gasteiger partial charge in [-0.3, -0.25) is 4.99 Å². The molecule has 0 saturated heterocycles. The number of aliphatic hydroxyl groups is 1. The van der Waals surface area contributed by atoms with Crippen LogP contribution in [-0.2, 0) is 0 Å². The molecule has 0 bridgehead atoms. The van der Waals surface area contributed by atoms with E-state index in [1.54, 1.807) is 7.05 Å². The van der Waals surface area contributed by atoms with E-state index in [1.807, 2.05) is 34.7 Å². The van der Waals surface area contributed by atoms with E-state index >= 15 is 0 Å². The molecule has 2 N–H and O–H groups in total. The first-order valence-electron chi connectivity index (χ1n) is 5.43. The van der Waals surface area contributed by atoms with Gasteiger partial charge in [-0.25, -0.2) is 0 Å². The van der Waals surface area contributed by atoms with Crippen molar-refractivity contribution in [3.05, 3.63) is 11.3 Å². The summed E-state index contributed by atoms with van der Waals surface area (Å²) in [6, 6.07) is 0. The normalized spacial score (nSPS) is 16.4. The Morgan fingerprint density at radius 1 is 1.33 bits per heavy atom. The quantitative estimate of drug-likeness (QED) is 0.684. The highest BCUT2D eigenvalue weighted by Crippen LogP contribution is 2.16. The van der Waals surface area contributed by atoms with E-state index in [9.17, 15) is 5.11 Å². The van der Waals surface area contributed by atoms with Crippen LogP contribution in [0.3, 0.4) is 0 Å². The number of nitrogens with zero attached hydrogens (tertiary/aromatic N) is 1.